The first-order valence-electron chi connectivity index (χ1n) is 5.10. The van der Waals surface area contributed by atoms with Gasteiger partial charge in [0.15, 0.2) is 11.5 Å². The molecule has 0 bridgehead atoms. The fourth-order valence-electron chi connectivity index (χ4n) is 1.34. The summed E-state index contributed by atoms with van der Waals surface area (Å²) in [5.41, 5.74) is 6.79. The fraction of sp³-hybridized carbons (Fsp3) is 0.444. The maximum atomic E-state index is 11.2. The summed E-state index contributed by atoms with van der Waals surface area (Å²) in [6.45, 7) is 2.45. The van der Waals surface area contributed by atoms with Crippen LogP contribution in [0.5, 0.6) is 0 Å². The van der Waals surface area contributed by atoms with Gasteiger partial charge in [-0.25, -0.2) is 4.98 Å². The molecule has 0 aliphatic heterocycles. The van der Waals surface area contributed by atoms with E-state index in [1.165, 1.54) is 6.33 Å². The Bertz CT molecular complexity index is 553. The summed E-state index contributed by atoms with van der Waals surface area (Å²) in [5.74, 6) is 0.750. The first-order valence-corrected chi connectivity index (χ1v) is 6.72. The number of hydrogen-bond acceptors (Lipinski definition) is 6. The molecular weight excluding hydrogens is 240 g/mol. The number of H-pyrrole nitrogens is 1. The summed E-state index contributed by atoms with van der Waals surface area (Å²) in [4.78, 5) is 15.0. The molecule has 0 fully saturated rings. The normalized spacial score (nSPS) is 14.7. The van der Waals surface area contributed by atoms with Gasteiger partial charge in [0.2, 0.25) is 5.95 Å². The van der Waals surface area contributed by atoms with Crippen molar-refractivity contribution in [3.63, 3.8) is 0 Å². The Morgan fingerprint density at radius 1 is 1.59 bits per heavy atom. The van der Waals surface area contributed by atoms with Crippen molar-refractivity contribution in [1.82, 2.24) is 19.9 Å². The fourth-order valence-corrected chi connectivity index (χ4v) is 1.65. The van der Waals surface area contributed by atoms with E-state index in [2.05, 4.69) is 25.3 Å². The summed E-state index contributed by atoms with van der Waals surface area (Å²) < 4.78 is 11.2. The number of nitrogens with one attached hydrogen (secondary N) is 2. The van der Waals surface area contributed by atoms with Gasteiger partial charge in [-0.05, 0) is 6.92 Å². The minimum Gasteiger partial charge on any atom is -0.368 e. The van der Waals surface area contributed by atoms with Crippen molar-refractivity contribution < 1.29 is 4.21 Å². The van der Waals surface area contributed by atoms with Gasteiger partial charge in [-0.3, -0.25) is 4.21 Å². The molecule has 2 unspecified atom stereocenters. The van der Waals surface area contributed by atoms with Crippen LogP contribution in [0.2, 0.25) is 0 Å². The smallest absolute Gasteiger partial charge is 0.224 e. The number of hydrogen-bond donors (Lipinski definition) is 3. The van der Waals surface area contributed by atoms with Crippen LogP contribution in [-0.4, -0.2) is 42.2 Å². The minimum atomic E-state index is -0.876. The molecule has 0 saturated carbocycles. The van der Waals surface area contributed by atoms with Gasteiger partial charge in [-0.2, -0.15) is 9.97 Å². The van der Waals surface area contributed by atoms with Crippen LogP contribution in [-0.2, 0) is 10.8 Å². The molecule has 0 aromatic carbocycles. The van der Waals surface area contributed by atoms with E-state index in [0.29, 0.717) is 23.5 Å². The molecule has 2 aromatic heterocycles. The number of anilines is 2. The Kier molecular flexibility index (Phi) is 3.23. The molecule has 4 N–H and O–H groups in total. The number of aromatic nitrogens is 4. The number of rotatable bonds is 4. The van der Waals surface area contributed by atoms with E-state index in [9.17, 15) is 4.21 Å². The maximum absolute atomic E-state index is 11.2. The van der Waals surface area contributed by atoms with Crippen LogP contribution < -0.4 is 11.1 Å². The van der Waals surface area contributed by atoms with Crippen LogP contribution in [0.25, 0.3) is 11.2 Å². The largest absolute Gasteiger partial charge is 0.368 e. The molecule has 17 heavy (non-hydrogen) atoms. The molecular formula is C9H14N6OS. The number of nitrogens with two attached hydrogens (primary N) is 1. The van der Waals surface area contributed by atoms with E-state index in [4.69, 9.17) is 5.73 Å². The molecule has 8 heteroatoms. The SMILES string of the molecule is CC(CNc1nc(N)nc2nc[nH]c12)S(C)=O. The van der Waals surface area contributed by atoms with Crippen LogP contribution in [0.4, 0.5) is 11.8 Å². The van der Waals surface area contributed by atoms with E-state index >= 15 is 0 Å². The lowest BCUT2D eigenvalue weighted by Crippen LogP contribution is -2.21. The third-order valence-corrected chi connectivity index (χ3v) is 3.73. The zero-order chi connectivity index (χ0) is 12.4. The summed E-state index contributed by atoms with van der Waals surface area (Å²) in [5, 5.41) is 3.13. The first-order chi connectivity index (χ1) is 8.08. The van der Waals surface area contributed by atoms with Gasteiger partial charge in [0.05, 0.1) is 6.33 Å². The number of imidazole rings is 1. The van der Waals surface area contributed by atoms with Crippen LogP contribution in [0.1, 0.15) is 6.92 Å². The Labute approximate surface area is 101 Å². The minimum absolute atomic E-state index is 0.0316. The summed E-state index contributed by atoms with van der Waals surface area (Å²) in [7, 11) is -0.876. The predicted molar refractivity (Wildman–Crippen MR) is 68.1 cm³/mol. The van der Waals surface area contributed by atoms with Crippen LogP contribution in [0.15, 0.2) is 6.33 Å². The van der Waals surface area contributed by atoms with Gasteiger partial charge in [0, 0.05) is 28.9 Å². The lowest BCUT2D eigenvalue weighted by molar-refractivity contribution is 0.679. The zero-order valence-electron chi connectivity index (χ0n) is 9.60. The highest BCUT2D eigenvalue weighted by Crippen LogP contribution is 2.17. The molecule has 0 spiro atoms. The average molecular weight is 254 g/mol. The molecule has 0 saturated heterocycles. The number of nitrogen functional groups attached to an aromatic ring is 1. The second-order valence-corrected chi connectivity index (χ2v) is 5.52. The molecule has 0 aliphatic carbocycles. The molecule has 0 radical (unpaired) electrons. The van der Waals surface area contributed by atoms with Crippen molar-refractivity contribution >= 4 is 33.7 Å². The molecule has 7 nitrogen and oxygen atoms in total. The Morgan fingerprint density at radius 3 is 3.06 bits per heavy atom. The summed E-state index contributed by atoms with van der Waals surface area (Å²) in [6, 6.07) is 0. The van der Waals surface area contributed by atoms with E-state index in [0.717, 1.165) is 0 Å². The van der Waals surface area contributed by atoms with Crippen molar-refractivity contribution in [2.24, 2.45) is 0 Å². The van der Waals surface area contributed by atoms with Gasteiger partial charge >= 0.3 is 0 Å². The Morgan fingerprint density at radius 2 is 2.35 bits per heavy atom. The molecule has 2 aromatic rings. The zero-order valence-corrected chi connectivity index (χ0v) is 10.4. The number of nitrogens with zero attached hydrogens (tertiary/aromatic N) is 3. The topological polar surface area (TPSA) is 110 Å². The van der Waals surface area contributed by atoms with Crippen molar-refractivity contribution in [2.45, 2.75) is 12.2 Å². The molecule has 2 rings (SSSR count). The maximum Gasteiger partial charge on any atom is 0.224 e. The number of fused-ring (bicyclic) bond motifs is 1. The van der Waals surface area contributed by atoms with Gasteiger partial charge in [0.1, 0.15) is 5.52 Å². The van der Waals surface area contributed by atoms with Gasteiger partial charge in [-0.15, -0.1) is 0 Å². The van der Waals surface area contributed by atoms with Crippen LogP contribution in [0.3, 0.4) is 0 Å². The lowest BCUT2D eigenvalue weighted by Gasteiger charge is -2.10. The molecule has 92 valence electrons. The van der Waals surface area contributed by atoms with E-state index in [-0.39, 0.29) is 11.2 Å². The van der Waals surface area contributed by atoms with Crippen molar-refractivity contribution in [1.29, 1.82) is 0 Å². The second-order valence-electron chi connectivity index (χ2n) is 3.72. The predicted octanol–water partition coefficient (Wildman–Crippen LogP) is 0.114. The van der Waals surface area contributed by atoms with Crippen LogP contribution in [0, 0.1) is 0 Å². The van der Waals surface area contributed by atoms with Crippen molar-refractivity contribution in [3.8, 4) is 0 Å². The summed E-state index contributed by atoms with van der Waals surface area (Å²) in [6.07, 6.45) is 3.21. The lowest BCUT2D eigenvalue weighted by atomic mass is 10.4. The summed E-state index contributed by atoms with van der Waals surface area (Å²) >= 11 is 0. The third-order valence-electron chi connectivity index (χ3n) is 2.43. The number of aromatic amines is 1. The third kappa shape index (κ3) is 2.52. The van der Waals surface area contributed by atoms with Crippen molar-refractivity contribution in [3.05, 3.63) is 6.33 Å². The average Bonchev–Trinajstić information content (AvgIpc) is 2.72. The Balaban J connectivity index is 2.23. The first kappa shape index (κ1) is 11.8. The molecule has 0 aliphatic rings. The van der Waals surface area contributed by atoms with Gasteiger partial charge in [-0.1, -0.05) is 0 Å². The van der Waals surface area contributed by atoms with Crippen molar-refractivity contribution in [2.75, 3.05) is 23.9 Å². The monoisotopic (exact) mass is 254 g/mol. The quantitative estimate of drug-likeness (QED) is 0.714. The molecule has 0 amide bonds. The highest BCUT2D eigenvalue weighted by Gasteiger charge is 2.11. The van der Waals surface area contributed by atoms with E-state index in [1.54, 1.807) is 6.26 Å². The van der Waals surface area contributed by atoms with E-state index < -0.39 is 10.8 Å². The highest BCUT2D eigenvalue weighted by molar-refractivity contribution is 7.84. The molecule has 2 atom stereocenters. The molecule has 2 heterocycles. The highest BCUT2D eigenvalue weighted by atomic mass is 32.2. The van der Waals surface area contributed by atoms with E-state index in [1.807, 2.05) is 6.92 Å². The second kappa shape index (κ2) is 4.66. The van der Waals surface area contributed by atoms with Gasteiger partial charge in [0.25, 0.3) is 0 Å². The standard InChI is InChI=1S/C9H14N6OS/c1-5(17(2)16)3-11-7-6-8(13-4-12-6)15-9(10)14-7/h4-5H,3H2,1-2H3,(H4,10,11,12,13,14,15). The van der Waals surface area contributed by atoms with Crippen LogP contribution >= 0.6 is 0 Å². The Hall–Kier alpha value is -1.70. The van der Waals surface area contributed by atoms with Gasteiger partial charge < -0.3 is 16.0 Å².